The van der Waals surface area contributed by atoms with Crippen LogP contribution in [0.15, 0.2) is 47.6 Å². The van der Waals surface area contributed by atoms with Crippen molar-refractivity contribution in [2.75, 3.05) is 0 Å². The molecule has 0 saturated heterocycles. The average molecular weight is 375 g/mol. The zero-order valence-corrected chi connectivity index (χ0v) is 14.3. The van der Waals surface area contributed by atoms with E-state index in [1.165, 1.54) is 12.2 Å². The molecule has 0 spiro atoms. The summed E-state index contributed by atoms with van der Waals surface area (Å²) in [5.74, 6) is -0.544. The van der Waals surface area contributed by atoms with Crippen LogP contribution in [0.2, 0.25) is 0 Å². The van der Waals surface area contributed by atoms with Gasteiger partial charge in [-0.2, -0.15) is 0 Å². The molecule has 0 unspecified atom stereocenters. The number of unbranched alkanes of at least 4 members (excludes halogenated alkanes) is 2. The fraction of sp³-hybridized carbons (Fsp3) is 0.353. The van der Waals surface area contributed by atoms with E-state index < -0.39 is 5.78 Å². The van der Waals surface area contributed by atoms with E-state index in [9.17, 15) is 14.4 Å². The molecule has 0 amide bonds. The van der Waals surface area contributed by atoms with Crippen molar-refractivity contribution in [1.82, 2.24) is 0 Å². The Hall–Kier alpha value is -1.41. The van der Waals surface area contributed by atoms with Crippen LogP contribution >= 0.6 is 0 Å². The van der Waals surface area contributed by atoms with Gasteiger partial charge in [-0.1, -0.05) is 51.0 Å². The largest absolute Gasteiger partial charge is 0.298 e. The van der Waals surface area contributed by atoms with Crippen molar-refractivity contribution in [3.8, 4) is 0 Å². The SMILES string of the molecule is CCC/C=C/C=C(/C=O)C(=O)/C(C=O)=C\C=C\CCC.[Ru]. The summed E-state index contributed by atoms with van der Waals surface area (Å²) in [5, 5.41) is 0. The van der Waals surface area contributed by atoms with Gasteiger partial charge in [0.25, 0.3) is 0 Å². The average Bonchev–Trinajstić information content (AvgIpc) is 2.47. The molecule has 0 rings (SSSR count). The van der Waals surface area contributed by atoms with E-state index in [2.05, 4.69) is 0 Å². The van der Waals surface area contributed by atoms with E-state index in [1.807, 2.05) is 26.0 Å². The second-order valence-corrected chi connectivity index (χ2v) is 4.24. The first-order valence-corrected chi connectivity index (χ1v) is 6.89. The van der Waals surface area contributed by atoms with Crippen LogP contribution in [0, 0.1) is 0 Å². The van der Waals surface area contributed by atoms with Gasteiger partial charge in [-0.05, 0) is 25.0 Å². The van der Waals surface area contributed by atoms with E-state index >= 15 is 0 Å². The number of carbonyl (C=O) groups excluding carboxylic acids is 3. The second-order valence-electron chi connectivity index (χ2n) is 4.24. The third-order valence-corrected chi connectivity index (χ3v) is 2.51. The summed E-state index contributed by atoms with van der Waals surface area (Å²) in [6.07, 6.45) is 14.7. The minimum Gasteiger partial charge on any atom is -0.298 e. The Labute approximate surface area is 139 Å². The van der Waals surface area contributed by atoms with Gasteiger partial charge >= 0.3 is 0 Å². The molecule has 0 aliphatic heterocycles. The van der Waals surface area contributed by atoms with Crippen molar-refractivity contribution in [2.24, 2.45) is 0 Å². The van der Waals surface area contributed by atoms with Crippen molar-refractivity contribution in [1.29, 1.82) is 0 Å². The molecule has 0 atom stereocenters. The van der Waals surface area contributed by atoms with Gasteiger partial charge in [0.2, 0.25) is 0 Å². The van der Waals surface area contributed by atoms with Gasteiger partial charge in [0.1, 0.15) is 0 Å². The van der Waals surface area contributed by atoms with Gasteiger partial charge in [0.05, 0.1) is 11.1 Å². The topological polar surface area (TPSA) is 51.2 Å². The minimum absolute atomic E-state index is 0. The first-order valence-electron chi connectivity index (χ1n) is 6.89. The van der Waals surface area contributed by atoms with Crippen LogP contribution < -0.4 is 0 Å². The smallest absolute Gasteiger partial charge is 0.199 e. The Morgan fingerprint density at radius 2 is 1.19 bits per heavy atom. The second kappa shape index (κ2) is 15.0. The Morgan fingerprint density at radius 3 is 1.48 bits per heavy atom. The quantitative estimate of drug-likeness (QED) is 0.147. The predicted octanol–water partition coefficient (Wildman–Crippen LogP) is 3.52. The third kappa shape index (κ3) is 10.0. The number of hydrogen-bond acceptors (Lipinski definition) is 3. The fourth-order valence-electron chi connectivity index (χ4n) is 1.37. The van der Waals surface area contributed by atoms with Crippen LogP contribution in [0.5, 0.6) is 0 Å². The van der Waals surface area contributed by atoms with Crippen LogP contribution in [0.4, 0.5) is 0 Å². The minimum atomic E-state index is -0.544. The molecule has 0 saturated carbocycles. The van der Waals surface area contributed by atoms with Crippen LogP contribution in [-0.4, -0.2) is 18.4 Å². The standard InChI is InChI=1S/C17H22O3.Ru/c1-3-5-7-9-11-15(13-18)17(20)16(14-19)12-10-8-6-4-2;/h7-14H,3-6H2,1-2H3;/b9-7+,10-8+,15-11-,16-12-;. The molecule has 0 aliphatic carbocycles. The number of ketones is 1. The maximum atomic E-state index is 12.0. The molecular formula is C17H22O3Ru. The summed E-state index contributed by atoms with van der Waals surface area (Å²) in [5.41, 5.74) is -0.0285. The van der Waals surface area contributed by atoms with Gasteiger partial charge in [0, 0.05) is 19.5 Å². The van der Waals surface area contributed by atoms with E-state index in [-0.39, 0.29) is 30.6 Å². The predicted molar refractivity (Wildman–Crippen MR) is 81.4 cm³/mol. The summed E-state index contributed by atoms with van der Waals surface area (Å²) >= 11 is 0. The molecule has 3 nitrogen and oxygen atoms in total. The first kappa shape index (κ1) is 21.9. The molecule has 116 valence electrons. The molecule has 0 heterocycles. The van der Waals surface area contributed by atoms with Crippen molar-refractivity contribution in [3.63, 3.8) is 0 Å². The molecule has 0 aromatic rings. The van der Waals surface area contributed by atoms with E-state index in [4.69, 9.17) is 0 Å². The Kier molecular flexibility index (Phi) is 15.6. The van der Waals surface area contributed by atoms with Gasteiger partial charge in [0.15, 0.2) is 18.4 Å². The van der Waals surface area contributed by atoms with Crippen LogP contribution in [0.3, 0.4) is 0 Å². The van der Waals surface area contributed by atoms with Gasteiger partial charge in [-0.25, -0.2) is 0 Å². The Bertz CT molecular complexity index is 403. The molecule has 0 N–H and O–H groups in total. The normalized spacial score (nSPS) is 12.5. The number of hydrogen-bond donors (Lipinski definition) is 0. The molecule has 0 aromatic heterocycles. The number of rotatable bonds is 10. The van der Waals surface area contributed by atoms with Crippen LogP contribution in [0.25, 0.3) is 0 Å². The monoisotopic (exact) mass is 376 g/mol. The molecule has 0 fully saturated rings. The first-order chi connectivity index (χ1) is 9.71. The van der Waals surface area contributed by atoms with E-state index in [0.717, 1.165) is 25.7 Å². The van der Waals surface area contributed by atoms with Crippen molar-refractivity contribution in [2.45, 2.75) is 39.5 Å². The summed E-state index contributed by atoms with van der Waals surface area (Å²) in [4.78, 5) is 33.8. The Morgan fingerprint density at radius 1 is 0.810 bits per heavy atom. The molecule has 0 aromatic carbocycles. The van der Waals surface area contributed by atoms with E-state index in [0.29, 0.717) is 12.6 Å². The third-order valence-electron chi connectivity index (χ3n) is 2.51. The molecule has 0 radical (unpaired) electrons. The van der Waals surface area contributed by atoms with Crippen molar-refractivity contribution < 1.29 is 33.9 Å². The van der Waals surface area contributed by atoms with Gasteiger partial charge in [-0.15, -0.1) is 0 Å². The molecule has 0 bridgehead atoms. The van der Waals surface area contributed by atoms with E-state index in [1.54, 1.807) is 12.2 Å². The van der Waals surface area contributed by atoms with Crippen molar-refractivity contribution >= 4 is 18.4 Å². The van der Waals surface area contributed by atoms with Crippen molar-refractivity contribution in [3.05, 3.63) is 47.6 Å². The molecule has 21 heavy (non-hydrogen) atoms. The number of Topliss-reactive ketones (excluding diaryl/α,β-unsaturated/α-hetero) is 1. The zero-order valence-electron chi connectivity index (χ0n) is 12.5. The maximum absolute atomic E-state index is 12.0. The van der Waals surface area contributed by atoms with Gasteiger partial charge in [-0.3, -0.25) is 14.4 Å². The summed E-state index contributed by atoms with van der Waals surface area (Å²) in [6, 6.07) is 0. The summed E-state index contributed by atoms with van der Waals surface area (Å²) < 4.78 is 0. The zero-order chi connectivity index (χ0) is 15.2. The summed E-state index contributed by atoms with van der Waals surface area (Å²) in [7, 11) is 0. The van der Waals surface area contributed by atoms with Gasteiger partial charge < -0.3 is 0 Å². The maximum Gasteiger partial charge on any atom is 0.199 e. The molecule has 4 heteroatoms. The Balaban J connectivity index is 0. The fourth-order valence-corrected chi connectivity index (χ4v) is 1.37. The summed E-state index contributed by atoms with van der Waals surface area (Å²) in [6.45, 7) is 4.07. The molecule has 0 aliphatic rings. The van der Waals surface area contributed by atoms with Crippen LogP contribution in [-0.2, 0) is 33.9 Å². The number of aldehydes is 2. The van der Waals surface area contributed by atoms with Crippen LogP contribution in [0.1, 0.15) is 39.5 Å². The molecular weight excluding hydrogens is 353 g/mol. The number of carbonyl (C=O) groups is 3. The number of allylic oxidation sites excluding steroid dienone is 8.